The third kappa shape index (κ3) is 7.41. The summed E-state index contributed by atoms with van der Waals surface area (Å²) in [5, 5.41) is 29.0. The number of hydrogen-bond acceptors (Lipinski definition) is 8. The molecule has 0 aliphatic carbocycles. The van der Waals surface area contributed by atoms with E-state index in [9.17, 15) is 29.8 Å². The van der Waals surface area contributed by atoms with Gasteiger partial charge in [-0.3, -0.25) is 29.8 Å². The second-order valence-electron chi connectivity index (χ2n) is 6.02. The van der Waals surface area contributed by atoms with Crippen molar-refractivity contribution in [3.05, 3.63) is 77.8 Å². The molecule has 0 saturated carbocycles. The molecule has 2 aromatic rings. The molecular weight excluding hydrogens is 467 g/mol. The van der Waals surface area contributed by atoms with Gasteiger partial charge in [-0.05, 0) is 12.1 Å². The van der Waals surface area contributed by atoms with Crippen LogP contribution in [0, 0.1) is 20.2 Å². The third-order valence-electron chi connectivity index (χ3n) is 3.72. The Morgan fingerprint density at radius 1 is 0.812 bits per heavy atom. The average molecular weight is 481 g/mol. The number of nitro groups is 2. The number of nitro benzene ring substituents is 2. The second kappa shape index (κ2) is 11.5. The number of benzene rings is 2. The lowest BCUT2D eigenvalue weighted by molar-refractivity contribution is -0.384. The number of carbonyl (C=O) groups is 2. The SMILES string of the molecule is O=C(CCC(=O)N/N=C/c1ccc(Cl)c([N+](=O)[O-])c1)N/N=C/c1ccc(Cl)c([N+](=O)[O-])c1. The lowest BCUT2D eigenvalue weighted by atomic mass is 10.2. The van der Waals surface area contributed by atoms with Crippen molar-refractivity contribution < 1.29 is 19.4 Å². The van der Waals surface area contributed by atoms with Gasteiger partial charge in [-0.15, -0.1) is 0 Å². The molecule has 14 heteroatoms. The van der Waals surface area contributed by atoms with E-state index in [1.165, 1.54) is 48.8 Å². The Kier molecular flexibility index (Phi) is 8.74. The number of nitrogens with one attached hydrogen (secondary N) is 2. The van der Waals surface area contributed by atoms with Gasteiger partial charge in [0.2, 0.25) is 11.8 Å². The Balaban J connectivity index is 1.79. The number of amides is 2. The van der Waals surface area contributed by atoms with E-state index in [1.807, 2.05) is 0 Å². The number of hydrazone groups is 2. The number of halogens is 2. The Bertz CT molecular complexity index is 1030. The van der Waals surface area contributed by atoms with E-state index < -0.39 is 21.7 Å². The molecule has 2 aromatic carbocycles. The molecule has 2 N–H and O–H groups in total. The van der Waals surface area contributed by atoms with Crippen LogP contribution in [0.2, 0.25) is 10.0 Å². The van der Waals surface area contributed by atoms with Gasteiger partial charge in [-0.2, -0.15) is 10.2 Å². The predicted octanol–water partition coefficient (Wildman–Crippen LogP) is 3.19. The largest absolute Gasteiger partial charge is 0.288 e. The third-order valence-corrected chi connectivity index (χ3v) is 4.36. The first-order chi connectivity index (χ1) is 15.2. The fraction of sp³-hybridized carbons (Fsp3) is 0.111. The summed E-state index contributed by atoms with van der Waals surface area (Å²) in [5.74, 6) is -1.14. The fourth-order valence-corrected chi connectivity index (χ4v) is 2.57. The van der Waals surface area contributed by atoms with E-state index in [4.69, 9.17) is 23.2 Å². The summed E-state index contributed by atoms with van der Waals surface area (Å²) in [7, 11) is 0. The smallest absolute Gasteiger partial charge is 0.273 e. The van der Waals surface area contributed by atoms with Crippen molar-refractivity contribution in [1.82, 2.24) is 10.9 Å². The van der Waals surface area contributed by atoms with Gasteiger partial charge in [0.25, 0.3) is 11.4 Å². The van der Waals surface area contributed by atoms with Crippen molar-refractivity contribution in [3.63, 3.8) is 0 Å². The molecular formula is C18H14Cl2N6O6. The number of hydrogen-bond donors (Lipinski definition) is 2. The van der Waals surface area contributed by atoms with E-state index >= 15 is 0 Å². The molecule has 0 aliphatic rings. The van der Waals surface area contributed by atoms with Crippen LogP contribution in [0.5, 0.6) is 0 Å². The van der Waals surface area contributed by atoms with Crippen LogP contribution >= 0.6 is 23.2 Å². The molecule has 0 aromatic heterocycles. The second-order valence-corrected chi connectivity index (χ2v) is 6.84. The molecule has 0 fully saturated rings. The molecule has 32 heavy (non-hydrogen) atoms. The molecule has 0 atom stereocenters. The summed E-state index contributed by atoms with van der Waals surface area (Å²) in [4.78, 5) is 43.9. The van der Waals surface area contributed by atoms with E-state index in [-0.39, 0.29) is 34.3 Å². The highest BCUT2D eigenvalue weighted by molar-refractivity contribution is 6.33. The van der Waals surface area contributed by atoms with Crippen LogP contribution in [0.25, 0.3) is 0 Å². The van der Waals surface area contributed by atoms with Crippen LogP contribution in [-0.2, 0) is 9.59 Å². The van der Waals surface area contributed by atoms with E-state index in [1.54, 1.807) is 0 Å². The molecule has 2 rings (SSSR count). The Morgan fingerprint density at radius 3 is 1.53 bits per heavy atom. The molecule has 0 radical (unpaired) electrons. The van der Waals surface area contributed by atoms with Crippen LogP contribution in [0.3, 0.4) is 0 Å². The maximum atomic E-state index is 11.7. The summed E-state index contributed by atoms with van der Waals surface area (Å²) < 4.78 is 0. The highest BCUT2D eigenvalue weighted by Gasteiger charge is 2.13. The Morgan fingerprint density at radius 2 is 1.19 bits per heavy atom. The van der Waals surface area contributed by atoms with Crippen molar-refractivity contribution >= 4 is 58.8 Å². The minimum absolute atomic E-state index is 0.0286. The van der Waals surface area contributed by atoms with Gasteiger partial charge in [0.05, 0.1) is 22.3 Å². The zero-order valence-electron chi connectivity index (χ0n) is 16.0. The maximum absolute atomic E-state index is 11.7. The quantitative estimate of drug-likeness (QED) is 0.317. The van der Waals surface area contributed by atoms with Gasteiger partial charge in [0.15, 0.2) is 0 Å². The van der Waals surface area contributed by atoms with E-state index in [2.05, 4.69) is 21.1 Å². The van der Waals surface area contributed by atoms with Gasteiger partial charge < -0.3 is 0 Å². The predicted molar refractivity (Wildman–Crippen MR) is 117 cm³/mol. The van der Waals surface area contributed by atoms with E-state index in [0.29, 0.717) is 11.1 Å². The van der Waals surface area contributed by atoms with Gasteiger partial charge in [-0.1, -0.05) is 35.3 Å². The first kappa shape index (κ1) is 24.4. The molecule has 0 heterocycles. The first-order valence-corrected chi connectivity index (χ1v) is 9.44. The lowest BCUT2D eigenvalue weighted by Crippen LogP contribution is -2.22. The van der Waals surface area contributed by atoms with Crippen LogP contribution in [-0.4, -0.2) is 34.1 Å². The summed E-state index contributed by atoms with van der Waals surface area (Å²) in [5.41, 5.74) is 4.46. The molecule has 0 bridgehead atoms. The normalized spacial score (nSPS) is 10.9. The van der Waals surface area contributed by atoms with Crippen LogP contribution in [0.4, 0.5) is 11.4 Å². The van der Waals surface area contributed by atoms with Crippen LogP contribution in [0.1, 0.15) is 24.0 Å². The van der Waals surface area contributed by atoms with Crippen molar-refractivity contribution in [2.24, 2.45) is 10.2 Å². The summed E-state index contributed by atoms with van der Waals surface area (Å²) in [6.07, 6.45) is 1.98. The van der Waals surface area contributed by atoms with Crippen LogP contribution < -0.4 is 10.9 Å². The molecule has 0 unspecified atom stereocenters. The van der Waals surface area contributed by atoms with Gasteiger partial charge in [0, 0.05) is 36.1 Å². The standard InChI is InChI=1S/C18H14Cl2N6O6/c19-13-3-1-11(7-15(13)25(29)30)9-21-23-17(27)5-6-18(28)24-22-10-12-2-4-14(20)16(8-12)26(31)32/h1-4,7-10H,5-6H2,(H,23,27)(H,24,28)/b21-9+,22-10+. The van der Waals surface area contributed by atoms with Crippen molar-refractivity contribution in [2.75, 3.05) is 0 Å². The molecule has 2 amide bonds. The topological polar surface area (TPSA) is 169 Å². The van der Waals surface area contributed by atoms with Gasteiger partial charge >= 0.3 is 0 Å². The minimum Gasteiger partial charge on any atom is -0.273 e. The fourth-order valence-electron chi connectivity index (χ4n) is 2.20. The van der Waals surface area contributed by atoms with Gasteiger partial charge in [-0.25, -0.2) is 10.9 Å². The number of carbonyl (C=O) groups excluding carboxylic acids is 2. The average Bonchev–Trinajstić information content (AvgIpc) is 2.74. The van der Waals surface area contributed by atoms with Crippen molar-refractivity contribution in [3.8, 4) is 0 Å². The lowest BCUT2D eigenvalue weighted by Gasteiger charge is -2.01. The monoisotopic (exact) mass is 480 g/mol. The highest BCUT2D eigenvalue weighted by atomic mass is 35.5. The zero-order valence-corrected chi connectivity index (χ0v) is 17.5. The van der Waals surface area contributed by atoms with Gasteiger partial charge in [0.1, 0.15) is 10.0 Å². The zero-order chi connectivity index (χ0) is 23.7. The molecule has 0 aliphatic heterocycles. The maximum Gasteiger partial charge on any atom is 0.288 e. The highest BCUT2D eigenvalue weighted by Crippen LogP contribution is 2.25. The number of nitrogens with zero attached hydrogens (tertiary/aromatic N) is 4. The molecule has 0 saturated heterocycles. The summed E-state index contributed by atoms with van der Waals surface area (Å²) in [6.45, 7) is 0. The minimum atomic E-state index is -0.645. The summed E-state index contributed by atoms with van der Waals surface area (Å²) in [6, 6.07) is 8.00. The van der Waals surface area contributed by atoms with E-state index in [0.717, 1.165) is 0 Å². The first-order valence-electron chi connectivity index (χ1n) is 8.69. The van der Waals surface area contributed by atoms with Crippen molar-refractivity contribution in [2.45, 2.75) is 12.8 Å². The molecule has 0 spiro atoms. The Hall–Kier alpha value is -3.90. The number of rotatable bonds is 9. The van der Waals surface area contributed by atoms with Crippen LogP contribution in [0.15, 0.2) is 46.6 Å². The molecule has 166 valence electrons. The summed E-state index contributed by atoms with van der Waals surface area (Å²) >= 11 is 11.4. The van der Waals surface area contributed by atoms with Crippen molar-refractivity contribution in [1.29, 1.82) is 0 Å². The Labute approximate surface area is 190 Å². The molecule has 12 nitrogen and oxygen atoms in total.